The predicted molar refractivity (Wildman–Crippen MR) is 128 cm³/mol. The van der Waals surface area contributed by atoms with Crippen LogP contribution in [0.3, 0.4) is 0 Å². The first-order chi connectivity index (χ1) is 16.7. The van der Waals surface area contributed by atoms with E-state index in [0.29, 0.717) is 55.0 Å². The fraction of sp³-hybridized carbons (Fsp3) is 0.130. The maximum Gasteiger partial charge on any atom is 0.416 e. The summed E-state index contributed by atoms with van der Waals surface area (Å²) in [5, 5.41) is 3.11. The average molecular weight is 519 g/mol. The van der Waals surface area contributed by atoms with E-state index in [1.165, 1.54) is 35.3 Å². The van der Waals surface area contributed by atoms with Crippen molar-refractivity contribution >= 4 is 34.5 Å². The highest BCUT2D eigenvalue weighted by molar-refractivity contribution is 7.71. The number of nitrogens with zero attached hydrogens (tertiary/aromatic N) is 2. The Morgan fingerprint density at radius 2 is 1.97 bits per heavy atom. The molecule has 0 saturated carbocycles. The number of hydrogen-bond acceptors (Lipinski definition) is 7. The van der Waals surface area contributed by atoms with Crippen LogP contribution < -0.4 is 15.3 Å². The van der Waals surface area contributed by atoms with Crippen LogP contribution in [0.5, 0.6) is 11.5 Å². The van der Waals surface area contributed by atoms with E-state index in [1.54, 1.807) is 29.8 Å². The topological polar surface area (TPSA) is 91.2 Å². The second-order valence-corrected chi connectivity index (χ2v) is 8.78. The lowest BCUT2D eigenvalue weighted by atomic mass is 10.1. The highest BCUT2D eigenvalue weighted by Gasteiger charge is 2.30. The van der Waals surface area contributed by atoms with E-state index < -0.39 is 11.7 Å². The molecule has 0 spiro atoms. The molecule has 0 aliphatic rings. The van der Waals surface area contributed by atoms with Crippen molar-refractivity contribution in [1.29, 1.82) is 0 Å². The summed E-state index contributed by atoms with van der Waals surface area (Å²) in [6.07, 6.45) is -2.76. The number of halogens is 3. The molecule has 0 unspecified atom stereocenters. The maximum atomic E-state index is 12.8. The van der Waals surface area contributed by atoms with Crippen molar-refractivity contribution in [3.8, 4) is 33.5 Å². The number of ether oxygens (including phenoxy) is 2. The normalized spacial score (nSPS) is 11.8. The van der Waals surface area contributed by atoms with Crippen molar-refractivity contribution in [3.63, 3.8) is 0 Å². The second-order valence-electron chi connectivity index (χ2n) is 7.54. The lowest BCUT2D eigenvalue weighted by molar-refractivity contribution is -0.137. The summed E-state index contributed by atoms with van der Waals surface area (Å²) in [6.45, 7) is 0.140. The number of H-pyrrole nitrogens is 1. The number of nitrogen functional groups attached to an aromatic ring is 1. The standard InChI is InChI=1S/C23H17F3N4O3S2/c1-31-15-6-18(16-8-20(33-19(16)7-15)17-9-30(27)22(34)29-17)32-10-14-11-35-21(28-14)12-2-4-13(5-3-12)23(24,25)26/h2-9,11H,10,27H2,1H3,(H,29,34). The molecule has 0 aliphatic heterocycles. The predicted octanol–water partition coefficient (Wildman–Crippen LogP) is 6.40. The fourth-order valence-electron chi connectivity index (χ4n) is 3.45. The Hall–Kier alpha value is -3.77. The highest BCUT2D eigenvalue weighted by atomic mass is 32.1. The molecule has 0 saturated heterocycles. The Morgan fingerprint density at radius 1 is 1.20 bits per heavy atom. The fourth-order valence-corrected chi connectivity index (χ4v) is 4.42. The van der Waals surface area contributed by atoms with Crippen LogP contribution in [0.2, 0.25) is 0 Å². The summed E-state index contributed by atoms with van der Waals surface area (Å²) in [4.78, 5) is 7.47. The van der Waals surface area contributed by atoms with Crippen LogP contribution in [-0.2, 0) is 12.8 Å². The molecule has 180 valence electrons. The summed E-state index contributed by atoms with van der Waals surface area (Å²) in [5.41, 5.74) is 1.68. The zero-order valence-corrected chi connectivity index (χ0v) is 19.7. The van der Waals surface area contributed by atoms with E-state index in [1.807, 2.05) is 0 Å². The van der Waals surface area contributed by atoms with Crippen LogP contribution in [0.1, 0.15) is 11.3 Å². The molecule has 0 bridgehead atoms. The Bertz CT molecular complexity index is 1570. The van der Waals surface area contributed by atoms with E-state index in [0.717, 1.165) is 12.1 Å². The molecule has 5 aromatic rings. The molecule has 3 aromatic heterocycles. The Morgan fingerprint density at radius 3 is 2.63 bits per heavy atom. The number of nitrogens with one attached hydrogen (secondary N) is 1. The van der Waals surface area contributed by atoms with Crippen LogP contribution in [0.4, 0.5) is 13.2 Å². The minimum absolute atomic E-state index is 0.140. The van der Waals surface area contributed by atoms with Crippen LogP contribution in [0.25, 0.3) is 33.0 Å². The quantitative estimate of drug-likeness (QED) is 0.200. The smallest absolute Gasteiger partial charge is 0.416 e. The second kappa shape index (κ2) is 8.78. The highest BCUT2D eigenvalue weighted by Crippen LogP contribution is 2.37. The van der Waals surface area contributed by atoms with Gasteiger partial charge in [0, 0.05) is 23.1 Å². The minimum Gasteiger partial charge on any atom is -0.496 e. The van der Waals surface area contributed by atoms with Crippen LogP contribution in [0.15, 0.2) is 58.5 Å². The number of aromatic nitrogens is 3. The zero-order valence-electron chi connectivity index (χ0n) is 18.1. The number of fused-ring (bicyclic) bond motifs is 1. The van der Waals surface area contributed by atoms with Gasteiger partial charge in [0.05, 0.1) is 30.0 Å². The summed E-state index contributed by atoms with van der Waals surface area (Å²) in [6, 6.07) is 10.2. The molecule has 3 heterocycles. The molecule has 7 nitrogen and oxygen atoms in total. The number of imidazole rings is 1. The third-order valence-electron chi connectivity index (χ3n) is 5.20. The minimum atomic E-state index is -4.38. The van der Waals surface area contributed by atoms with Crippen molar-refractivity contribution in [2.24, 2.45) is 0 Å². The van der Waals surface area contributed by atoms with Crippen molar-refractivity contribution in [1.82, 2.24) is 14.6 Å². The van der Waals surface area contributed by atoms with Gasteiger partial charge in [0.2, 0.25) is 0 Å². The van der Waals surface area contributed by atoms with Gasteiger partial charge in [0.25, 0.3) is 0 Å². The van der Waals surface area contributed by atoms with Crippen LogP contribution in [-0.4, -0.2) is 21.8 Å². The van der Waals surface area contributed by atoms with Crippen LogP contribution >= 0.6 is 23.6 Å². The van der Waals surface area contributed by atoms with Gasteiger partial charge < -0.3 is 24.7 Å². The van der Waals surface area contributed by atoms with E-state index >= 15 is 0 Å². The number of hydrogen-bond donors (Lipinski definition) is 2. The van der Waals surface area contributed by atoms with Gasteiger partial charge in [0.1, 0.15) is 34.4 Å². The van der Waals surface area contributed by atoms with Crippen molar-refractivity contribution in [2.75, 3.05) is 13.0 Å². The van der Waals surface area contributed by atoms with Gasteiger partial charge in [-0.2, -0.15) is 13.2 Å². The van der Waals surface area contributed by atoms with Crippen LogP contribution in [0, 0.1) is 4.77 Å². The molecule has 0 fully saturated rings. The lowest BCUT2D eigenvalue weighted by Gasteiger charge is -2.08. The first kappa shape index (κ1) is 23.0. The van der Waals surface area contributed by atoms with E-state index in [4.69, 9.17) is 32.0 Å². The third-order valence-corrected chi connectivity index (χ3v) is 6.46. The monoisotopic (exact) mass is 518 g/mol. The van der Waals surface area contributed by atoms with Gasteiger partial charge in [0.15, 0.2) is 10.5 Å². The first-order valence-corrected chi connectivity index (χ1v) is 11.4. The van der Waals surface area contributed by atoms with E-state index in [2.05, 4.69) is 9.97 Å². The molecular formula is C23H17F3N4O3S2. The van der Waals surface area contributed by atoms with Gasteiger partial charge in [-0.1, -0.05) is 12.1 Å². The first-order valence-electron chi connectivity index (χ1n) is 10.1. The number of rotatable bonds is 6. The molecule has 5 rings (SSSR count). The molecular weight excluding hydrogens is 501 g/mol. The van der Waals surface area contributed by atoms with Gasteiger partial charge in [-0.15, -0.1) is 11.3 Å². The average Bonchev–Trinajstić information content (AvgIpc) is 3.55. The largest absolute Gasteiger partial charge is 0.496 e. The Balaban J connectivity index is 1.39. The van der Waals surface area contributed by atoms with Gasteiger partial charge in [-0.3, -0.25) is 0 Å². The summed E-state index contributed by atoms with van der Waals surface area (Å²) in [5.74, 6) is 7.35. The Labute approximate surface area is 205 Å². The Kier molecular flexibility index (Phi) is 5.77. The molecule has 3 N–H and O–H groups in total. The number of benzene rings is 2. The maximum absolute atomic E-state index is 12.8. The third kappa shape index (κ3) is 4.62. The molecule has 35 heavy (non-hydrogen) atoms. The molecule has 0 amide bonds. The van der Waals surface area contributed by atoms with Crippen molar-refractivity contribution in [3.05, 3.63) is 70.1 Å². The van der Waals surface area contributed by atoms with Gasteiger partial charge in [-0.05, 0) is 30.4 Å². The van der Waals surface area contributed by atoms with Crippen molar-refractivity contribution < 1.29 is 27.1 Å². The molecule has 0 aliphatic carbocycles. The molecule has 0 atom stereocenters. The zero-order chi connectivity index (χ0) is 24.7. The molecule has 2 aromatic carbocycles. The summed E-state index contributed by atoms with van der Waals surface area (Å²) >= 11 is 6.44. The summed E-state index contributed by atoms with van der Waals surface area (Å²) < 4.78 is 57.4. The molecule has 12 heteroatoms. The number of alkyl halides is 3. The number of aromatic amines is 1. The number of nitrogens with two attached hydrogens (primary N) is 1. The SMILES string of the molecule is COc1cc(OCc2csc(-c3ccc(C(F)(F)F)cc3)n2)c2cc(-c3cn(N)c(=S)[nH]3)oc2c1. The molecule has 0 radical (unpaired) electrons. The van der Waals surface area contributed by atoms with Crippen molar-refractivity contribution in [2.45, 2.75) is 12.8 Å². The number of furan rings is 1. The van der Waals surface area contributed by atoms with Gasteiger partial charge in [-0.25, -0.2) is 9.66 Å². The van der Waals surface area contributed by atoms with E-state index in [9.17, 15) is 13.2 Å². The van der Waals surface area contributed by atoms with Gasteiger partial charge >= 0.3 is 6.18 Å². The number of thiazole rings is 1. The number of methoxy groups -OCH3 is 1. The summed E-state index contributed by atoms with van der Waals surface area (Å²) in [7, 11) is 1.54. The lowest BCUT2D eigenvalue weighted by Crippen LogP contribution is -2.05. The van der Waals surface area contributed by atoms with E-state index in [-0.39, 0.29) is 6.61 Å².